The number of hydrogen-bond donors (Lipinski definition) is 0. The first-order valence-corrected chi connectivity index (χ1v) is 12.5. The maximum atomic E-state index is 13.8. The van der Waals surface area contributed by atoms with E-state index in [1.807, 2.05) is 41.3 Å². The van der Waals surface area contributed by atoms with Gasteiger partial charge >= 0.3 is 191 Å². The van der Waals surface area contributed by atoms with Crippen LogP contribution in [0.3, 0.4) is 0 Å². The van der Waals surface area contributed by atoms with Crippen molar-refractivity contribution in [3.63, 3.8) is 0 Å². The second kappa shape index (κ2) is 9.13. The number of rotatable bonds is 7. The van der Waals surface area contributed by atoms with E-state index in [1.165, 1.54) is 4.46 Å². The number of ether oxygens (including phenoxy) is 1. The first kappa shape index (κ1) is 21.4. The van der Waals surface area contributed by atoms with E-state index in [0.717, 1.165) is 33.5 Å². The Morgan fingerprint density at radius 3 is 2.13 bits per heavy atom. The van der Waals surface area contributed by atoms with Gasteiger partial charge in [-0.15, -0.1) is 0 Å². The van der Waals surface area contributed by atoms with Crippen molar-refractivity contribution in [1.82, 2.24) is 4.90 Å². The van der Waals surface area contributed by atoms with Gasteiger partial charge in [0.15, 0.2) is 0 Å². The van der Waals surface area contributed by atoms with Gasteiger partial charge in [-0.1, -0.05) is 0 Å². The van der Waals surface area contributed by atoms with Crippen molar-refractivity contribution >= 4 is 31.0 Å². The molecule has 3 aromatic rings. The number of carbonyl (C=O) groups is 1. The van der Waals surface area contributed by atoms with Gasteiger partial charge in [-0.2, -0.15) is 0 Å². The Morgan fingerprint density at radius 2 is 1.52 bits per heavy atom. The molecule has 4 heteroatoms. The SMILES string of the molecule is COc1ccc(C2=C(C)C(C)(C[Se]c3ccccc3)C(=O)N2Cc2ccccc2)cc1. The van der Waals surface area contributed by atoms with Crippen molar-refractivity contribution in [2.24, 2.45) is 5.41 Å². The molecule has 1 atom stereocenters. The zero-order valence-electron chi connectivity index (χ0n) is 18.2. The molecule has 0 aliphatic carbocycles. The van der Waals surface area contributed by atoms with Crippen molar-refractivity contribution in [2.75, 3.05) is 7.11 Å². The van der Waals surface area contributed by atoms with Gasteiger partial charge in [0.2, 0.25) is 0 Å². The summed E-state index contributed by atoms with van der Waals surface area (Å²) < 4.78 is 6.66. The van der Waals surface area contributed by atoms with Crippen LogP contribution in [0.1, 0.15) is 25.0 Å². The van der Waals surface area contributed by atoms with Gasteiger partial charge in [0.05, 0.1) is 0 Å². The van der Waals surface area contributed by atoms with Crippen molar-refractivity contribution in [3.05, 3.63) is 102 Å². The van der Waals surface area contributed by atoms with Gasteiger partial charge in [0, 0.05) is 0 Å². The Morgan fingerprint density at radius 1 is 0.903 bits per heavy atom. The molecule has 0 bridgehead atoms. The summed E-state index contributed by atoms with van der Waals surface area (Å²) in [7, 11) is 1.67. The normalized spacial score (nSPS) is 18.5. The maximum absolute atomic E-state index is 13.8. The standard InChI is InChI=1S/C27H27NO2Se/c1-20-25(22-14-16-23(30-3)17-15-22)28(18-21-10-6-4-7-11-21)26(29)27(20,2)19-31-24-12-8-5-9-13-24/h4-17H,18-19H2,1-3H3. The number of carbonyl (C=O) groups excluding carboxylic acids is 1. The van der Waals surface area contributed by atoms with Crippen LogP contribution in [-0.4, -0.2) is 32.9 Å². The fourth-order valence-corrected chi connectivity index (χ4v) is 6.38. The summed E-state index contributed by atoms with van der Waals surface area (Å²) in [5.41, 5.74) is 3.87. The Balaban J connectivity index is 1.71. The molecule has 4 rings (SSSR count). The van der Waals surface area contributed by atoms with Gasteiger partial charge in [-0.3, -0.25) is 0 Å². The summed E-state index contributed by atoms with van der Waals surface area (Å²) >= 11 is 0.223. The number of nitrogens with zero attached hydrogens (tertiary/aromatic N) is 1. The molecule has 0 N–H and O–H groups in total. The zero-order valence-corrected chi connectivity index (χ0v) is 19.9. The molecule has 1 heterocycles. The average Bonchev–Trinajstić information content (AvgIpc) is 3.00. The van der Waals surface area contributed by atoms with Gasteiger partial charge in [-0.25, -0.2) is 0 Å². The summed E-state index contributed by atoms with van der Waals surface area (Å²) in [6, 6.07) is 28.8. The van der Waals surface area contributed by atoms with E-state index >= 15 is 0 Å². The van der Waals surface area contributed by atoms with Gasteiger partial charge < -0.3 is 0 Å². The molecule has 0 aromatic heterocycles. The molecule has 31 heavy (non-hydrogen) atoms. The van der Waals surface area contributed by atoms with E-state index in [9.17, 15) is 4.79 Å². The zero-order chi connectivity index (χ0) is 21.8. The number of methoxy groups -OCH3 is 1. The Hall–Kier alpha value is -2.81. The van der Waals surface area contributed by atoms with Crippen LogP contribution in [0.15, 0.2) is 90.5 Å². The molecule has 0 spiro atoms. The van der Waals surface area contributed by atoms with Crippen molar-refractivity contribution < 1.29 is 9.53 Å². The van der Waals surface area contributed by atoms with E-state index < -0.39 is 5.41 Å². The number of hydrogen-bond acceptors (Lipinski definition) is 2. The third-order valence-electron chi connectivity index (χ3n) is 5.99. The molecule has 0 saturated carbocycles. The second-order valence-corrected chi connectivity index (χ2v) is 10.2. The van der Waals surface area contributed by atoms with Gasteiger partial charge in [0.1, 0.15) is 0 Å². The van der Waals surface area contributed by atoms with Crippen molar-refractivity contribution in [1.29, 1.82) is 0 Å². The fraction of sp³-hybridized carbons (Fsp3) is 0.222. The fourth-order valence-electron chi connectivity index (χ4n) is 3.98. The molecule has 1 aliphatic rings. The number of amides is 1. The van der Waals surface area contributed by atoms with E-state index in [4.69, 9.17) is 4.74 Å². The molecule has 1 unspecified atom stereocenters. The molecule has 0 fully saturated rings. The minimum atomic E-state index is -0.500. The molecular formula is C27H27NO2Se. The van der Waals surface area contributed by atoms with Gasteiger partial charge in [0.25, 0.3) is 0 Å². The third-order valence-corrected chi connectivity index (χ3v) is 8.77. The van der Waals surface area contributed by atoms with Crippen LogP contribution < -0.4 is 9.20 Å². The summed E-state index contributed by atoms with van der Waals surface area (Å²) in [5.74, 6) is 1.01. The van der Waals surface area contributed by atoms with Crippen LogP contribution in [-0.2, 0) is 11.3 Å². The Kier molecular flexibility index (Phi) is 6.31. The van der Waals surface area contributed by atoms with E-state index in [0.29, 0.717) is 6.54 Å². The summed E-state index contributed by atoms with van der Waals surface area (Å²) in [5, 5.41) is 0.847. The topological polar surface area (TPSA) is 29.5 Å². The Bertz CT molecular complexity index is 1080. The summed E-state index contributed by atoms with van der Waals surface area (Å²) in [6.45, 7) is 4.82. The van der Waals surface area contributed by atoms with E-state index in [-0.39, 0.29) is 20.9 Å². The molecule has 1 aliphatic heterocycles. The monoisotopic (exact) mass is 477 g/mol. The average molecular weight is 476 g/mol. The molecule has 0 radical (unpaired) electrons. The molecule has 3 nitrogen and oxygen atoms in total. The van der Waals surface area contributed by atoms with Crippen LogP contribution in [0.5, 0.6) is 5.75 Å². The van der Waals surface area contributed by atoms with Crippen LogP contribution in [0.25, 0.3) is 5.70 Å². The summed E-state index contributed by atoms with van der Waals surface area (Å²) in [6.07, 6.45) is 0. The second-order valence-electron chi connectivity index (χ2n) is 8.01. The van der Waals surface area contributed by atoms with Crippen LogP contribution in [0.2, 0.25) is 5.32 Å². The van der Waals surface area contributed by atoms with E-state index in [2.05, 4.69) is 62.4 Å². The first-order valence-electron chi connectivity index (χ1n) is 10.4. The molecule has 1 amide bonds. The third kappa shape index (κ3) is 4.32. The first-order chi connectivity index (χ1) is 15.0. The molecule has 158 valence electrons. The Labute approximate surface area is 190 Å². The molecular weight excluding hydrogens is 449 g/mol. The van der Waals surface area contributed by atoms with Crippen LogP contribution >= 0.6 is 0 Å². The predicted molar refractivity (Wildman–Crippen MR) is 127 cm³/mol. The molecule has 3 aromatic carbocycles. The van der Waals surface area contributed by atoms with Crippen LogP contribution in [0.4, 0.5) is 0 Å². The number of benzene rings is 3. The van der Waals surface area contributed by atoms with Crippen molar-refractivity contribution in [2.45, 2.75) is 25.7 Å². The van der Waals surface area contributed by atoms with Gasteiger partial charge in [-0.05, 0) is 0 Å². The van der Waals surface area contributed by atoms with Crippen molar-refractivity contribution in [3.8, 4) is 5.75 Å². The minimum absolute atomic E-state index is 0.192. The van der Waals surface area contributed by atoms with E-state index in [1.54, 1.807) is 7.11 Å². The summed E-state index contributed by atoms with van der Waals surface area (Å²) in [4.78, 5) is 15.8. The predicted octanol–water partition coefficient (Wildman–Crippen LogP) is 4.92. The van der Waals surface area contributed by atoms with Crippen LogP contribution in [0, 0.1) is 5.41 Å². The molecule has 0 saturated heterocycles. The quantitative estimate of drug-likeness (QED) is 0.453.